The first kappa shape index (κ1) is 17.1. The van der Waals surface area contributed by atoms with E-state index in [1.807, 2.05) is 24.3 Å². The summed E-state index contributed by atoms with van der Waals surface area (Å²) >= 11 is 1.16. The molecular weight excluding hydrogens is 344 g/mol. The van der Waals surface area contributed by atoms with Crippen LogP contribution in [-0.4, -0.2) is 38.8 Å². The standard InChI is InChI=1S/C17H20N2O3S2/c1-13-9-10-19(15-7-4-3-6-14(13)15)16(20)12-18(2)24(21,22)17-8-5-11-23-17/h3-8,11,13H,9-10,12H2,1-2H3. The second-order valence-electron chi connectivity index (χ2n) is 5.99. The van der Waals surface area contributed by atoms with Gasteiger partial charge in [-0.15, -0.1) is 11.3 Å². The Kier molecular flexibility index (Phi) is 4.76. The van der Waals surface area contributed by atoms with Gasteiger partial charge in [-0.1, -0.05) is 31.2 Å². The molecule has 24 heavy (non-hydrogen) atoms. The summed E-state index contributed by atoms with van der Waals surface area (Å²) in [5.41, 5.74) is 2.03. The van der Waals surface area contributed by atoms with Crippen molar-refractivity contribution in [1.82, 2.24) is 4.31 Å². The molecule has 1 amide bonds. The van der Waals surface area contributed by atoms with Gasteiger partial charge in [0, 0.05) is 19.3 Å². The van der Waals surface area contributed by atoms with Crippen LogP contribution >= 0.6 is 11.3 Å². The van der Waals surface area contributed by atoms with Gasteiger partial charge in [-0.2, -0.15) is 4.31 Å². The van der Waals surface area contributed by atoms with Crippen LogP contribution in [0, 0.1) is 0 Å². The number of sulfonamides is 1. The molecule has 2 aromatic rings. The fourth-order valence-electron chi connectivity index (χ4n) is 2.93. The Morgan fingerprint density at radius 2 is 2.04 bits per heavy atom. The summed E-state index contributed by atoms with van der Waals surface area (Å²) in [6, 6.07) is 11.1. The maximum atomic E-state index is 12.7. The molecule has 2 heterocycles. The maximum Gasteiger partial charge on any atom is 0.252 e. The largest absolute Gasteiger partial charge is 0.311 e. The van der Waals surface area contributed by atoms with Crippen LogP contribution in [0.2, 0.25) is 0 Å². The predicted molar refractivity (Wildman–Crippen MR) is 96.0 cm³/mol. The number of hydrogen-bond acceptors (Lipinski definition) is 4. The first-order valence-electron chi connectivity index (χ1n) is 7.80. The Bertz CT molecular complexity index is 831. The highest BCUT2D eigenvalue weighted by Crippen LogP contribution is 2.34. The van der Waals surface area contributed by atoms with Crippen molar-refractivity contribution in [3.05, 3.63) is 47.3 Å². The molecule has 0 aliphatic carbocycles. The lowest BCUT2D eigenvalue weighted by Crippen LogP contribution is -2.43. The van der Waals surface area contributed by atoms with E-state index >= 15 is 0 Å². The lowest BCUT2D eigenvalue weighted by molar-refractivity contribution is -0.118. The first-order valence-corrected chi connectivity index (χ1v) is 10.1. The molecular formula is C17H20N2O3S2. The molecule has 128 valence electrons. The van der Waals surface area contributed by atoms with E-state index in [0.717, 1.165) is 33.3 Å². The van der Waals surface area contributed by atoms with Gasteiger partial charge in [-0.25, -0.2) is 8.42 Å². The monoisotopic (exact) mass is 364 g/mol. The fraction of sp³-hybridized carbons (Fsp3) is 0.353. The molecule has 0 fully saturated rings. The summed E-state index contributed by atoms with van der Waals surface area (Å²) in [7, 11) is -2.16. The third-order valence-electron chi connectivity index (χ3n) is 4.36. The smallest absolute Gasteiger partial charge is 0.252 e. The molecule has 1 aromatic carbocycles. The lowest BCUT2D eigenvalue weighted by Gasteiger charge is -2.33. The summed E-state index contributed by atoms with van der Waals surface area (Å²) in [6.07, 6.45) is 0.879. The number of thiophene rings is 1. The number of carbonyl (C=O) groups excluding carboxylic acids is 1. The number of carbonyl (C=O) groups is 1. The fourth-order valence-corrected chi connectivity index (χ4v) is 5.25. The molecule has 1 aromatic heterocycles. The molecule has 7 heteroatoms. The summed E-state index contributed by atoms with van der Waals surface area (Å²) < 4.78 is 26.3. The van der Waals surface area contributed by atoms with E-state index in [1.54, 1.807) is 22.4 Å². The van der Waals surface area contributed by atoms with E-state index in [2.05, 4.69) is 6.92 Å². The topological polar surface area (TPSA) is 57.7 Å². The average Bonchev–Trinajstić information content (AvgIpc) is 3.10. The number of likely N-dealkylation sites (N-methyl/N-ethyl adjacent to an activating group) is 1. The van der Waals surface area contributed by atoms with E-state index < -0.39 is 10.0 Å². The Labute approximate surface area is 146 Å². The first-order chi connectivity index (χ1) is 11.4. The van der Waals surface area contributed by atoms with Gasteiger partial charge >= 0.3 is 0 Å². The van der Waals surface area contributed by atoms with Crippen molar-refractivity contribution >= 4 is 33.0 Å². The molecule has 1 aliphatic heterocycles. The minimum absolute atomic E-state index is 0.164. The Balaban J connectivity index is 1.80. The number of hydrogen-bond donors (Lipinski definition) is 0. The van der Waals surface area contributed by atoms with Crippen LogP contribution in [0.5, 0.6) is 0 Å². The molecule has 1 aliphatic rings. The SMILES string of the molecule is CC1CCN(C(=O)CN(C)S(=O)(=O)c2cccs2)c2ccccc21. The summed E-state index contributed by atoms with van der Waals surface area (Å²) in [4.78, 5) is 14.4. The molecule has 1 unspecified atom stereocenters. The van der Waals surface area contributed by atoms with Crippen molar-refractivity contribution in [1.29, 1.82) is 0 Å². The number of amides is 1. The molecule has 5 nitrogen and oxygen atoms in total. The van der Waals surface area contributed by atoms with Crippen molar-refractivity contribution in [2.45, 2.75) is 23.5 Å². The van der Waals surface area contributed by atoms with Gasteiger partial charge in [-0.05, 0) is 35.4 Å². The van der Waals surface area contributed by atoms with E-state index in [9.17, 15) is 13.2 Å². The third-order valence-corrected chi connectivity index (χ3v) is 7.54. The van der Waals surface area contributed by atoms with Crippen LogP contribution < -0.4 is 4.90 Å². The van der Waals surface area contributed by atoms with Crippen LogP contribution in [0.15, 0.2) is 46.0 Å². The minimum atomic E-state index is -3.61. The normalized spacial score (nSPS) is 17.8. The molecule has 0 saturated heterocycles. The van der Waals surface area contributed by atoms with E-state index in [4.69, 9.17) is 0 Å². The summed E-state index contributed by atoms with van der Waals surface area (Å²) in [6.45, 7) is 2.60. The molecule has 1 atom stereocenters. The van der Waals surface area contributed by atoms with Crippen molar-refractivity contribution in [2.75, 3.05) is 25.0 Å². The molecule has 0 spiro atoms. The van der Waals surface area contributed by atoms with Gasteiger partial charge in [0.1, 0.15) is 4.21 Å². The van der Waals surface area contributed by atoms with Gasteiger partial charge in [0.2, 0.25) is 5.91 Å². The predicted octanol–water partition coefficient (Wildman–Crippen LogP) is 2.91. The molecule has 3 rings (SSSR count). The number of nitrogens with zero attached hydrogens (tertiary/aromatic N) is 2. The maximum absolute atomic E-state index is 12.7. The zero-order valence-electron chi connectivity index (χ0n) is 13.7. The van der Waals surface area contributed by atoms with E-state index in [-0.39, 0.29) is 16.7 Å². The number of benzene rings is 1. The van der Waals surface area contributed by atoms with Gasteiger partial charge in [-0.3, -0.25) is 4.79 Å². The van der Waals surface area contributed by atoms with Crippen LogP contribution in [0.3, 0.4) is 0 Å². The van der Waals surface area contributed by atoms with E-state index in [0.29, 0.717) is 12.5 Å². The quantitative estimate of drug-likeness (QED) is 0.838. The second kappa shape index (κ2) is 6.66. The summed E-state index contributed by atoms with van der Waals surface area (Å²) in [5, 5.41) is 1.71. The van der Waals surface area contributed by atoms with Crippen LogP contribution in [0.25, 0.3) is 0 Å². The van der Waals surface area contributed by atoms with E-state index in [1.165, 1.54) is 7.05 Å². The van der Waals surface area contributed by atoms with Crippen molar-refractivity contribution < 1.29 is 13.2 Å². The van der Waals surface area contributed by atoms with Gasteiger partial charge in [0.15, 0.2) is 0 Å². The second-order valence-corrected chi connectivity index (χ2v) is 9.21. The third kappa shape index (κ3) is 3.11. The highest BCUT2D eigenvalue weighted by Gasteiger charge is 2.30. The van der Waals surface area contributed by atoms with Crippen LogP contribution in [0.4, 0.5) is 5.69 Å². The molecule has 0 bridgehead atoms. The highest BCUT2D eigenvalue weighted by molar-refractivity contribution is 7.91. The number of anilines is 1. The van der Waals surface area contributed by atoms with Gasteiger partial charge in [0.05, 0.1) is 6.54 Å². The van der Waals surface area contributed by atoms with Gasteiger partial charge in [0.25, 0.3) is 10.0 Å². The number of rotatable bonds is 4. The molecule has 0 radical (unpaired) electrons. The summed E-state index contributed by atoms with van der Waals surface area (Å²) in [5.74, 6) is 0.204. The zero-order valence-corrected chi connectivity index (χ0v) is 15.3. The highest BCUT2D eigenvalue weighted by atomic mass is 32.2. The van der Waals surface area contributed by atoms with Crippen LogP contribution in [0.1, 0.15) is 24.8 Å². The Hall–Kier alpha value is -1.70. The number of para-hydroxylation sites is 1. The Morgan fingerprint density at radius 3 is 2.75 bits per heavy atom. The molecule has 0 N–H and O–H groups in total. The van der Waals surface area contributed by atoms with Crippen molar-refractivity contribution in [3.8, 4) is 0 Å². The minimum Gasteiger partial charge on any atom is -0.311 e. The lowest BCUT2D eigenvalue weighted by atomic mass is 9.91. The molecule has 0 saturated carbocycles. The number of fused-ring (bicyclic) bond motifs is 1. The van der Waals surface area contributed by atoms with Crippen LogP contribution in [-0.2, 0) is 14.8 Å². The zero-order chi connectivity index (χ0) is 17.3. The average molecular weight is 364 g/mol. The van der Waals surface area contributed by atoms with Crippen molar-refractivity contribution in [2.24, 2.45) is 0 Å². The van der Waals surface area contributed by atoms with Gasteiger partial charge < -0.3 is 4.90 Å². The Morgan fingerprint density at radius 1 is 1.29 bits per heavy atom. The van der Waals surface area contributed by atoms with Crippen molar-refractivity contribution in [3.63, 3.8) is 0 Å².